The topological polar surface area (TPSA) is 50.9 Å². The third kappa shape index (κ3) is 2.62. The highest BCUT2D eigenvalue weighted by atomic mass is 35.5. The van der Waals surface area contributed by atoms with Crippen LogP contribution in [0.15, 0.2) is 30.3 Å². The third-order valence-electron chi connectivity index (χ3n) is 2.26. The van der Waals surface area contributed by atoms with Crippen LogP contribution in [0.3, 0.4) is 0 Å². The van der Waals surface area contributed by atoms with E-state index < -0.39 is 0 Å². The molecule has 0 aliphatic heterocycles. The Kier molecular flexibility index (Phi) is 3.27. The van der Waals surface area contributed by atoms with Gasteiger partial charge in [0.15, 0.2) is 0 Å². The van der Waals surface area contributed by atoms with E-state index in [4.69, 9.17) is 17.3 Å². The van der Waals surface area contributed by atoms with Crippen molar-refractivity contribution >= 4 is 28.3 Å². The first-order chi connectivity index (χ1) is 7.65. The number of anilines is 1. The molecule has 84 valence electrons. The maximum absolute atomic E-state index is 5.90. The number of fused-ring (bicyclic) bond motifs is 1. The largest absolute Gasteiger partial charge is 0.369 e. The van der Waals surface area contributed by atoms with Gasteiger partial charge in [0.2, 0.25) is 0 Å². The van der Waals surface area contributed by atoms with Gasteiger partial charge in [0, 0.05) is 23.0 Å². The zero-order valence-electron chi connectivity index (χ0n) is 9.07. The van der Waals surface area contributed by atoms with E-state index in [1.807, 2.05) is 37.3 Å². The maximum atomic E-state index is 5.90. The summed E-state index contributed by atoms with van der Waals surface area (Å²) < 4.78 is 0. The van der Waals surface area contributed by atoms with E-state index in [2.05, 4.69) is 10.3 Å². The number of aromatic nitrogens is 1. The van der Waals surface area contributed by atoms with Gasteiger partial charge in [-0.2, -0.15) is 0 Å². The first-order valence-electron chi connectivity index (χ1n) is 5.21. The molecule has 1 aromatic heterocycles. The molecule has 0 saturated carbocycles. The van der Waals surface area contributed by atoms with Crippen LogP contribution >= 0.6 is 11.6 Å². The molecule has 0 radical (unpaired) electrons. The highest BCUT2D eigenvalue weighted by Gasteiger charge is 1.99. The molecule has 0 spiro atoms. The third-order valence-corrected chi connectivity index (χ3v) is 2.49. The molecule has 1 heterocycles. The molecule has 16 heavy (non-hydrogen) atoms. The van der Waals surface area contributed by atoms with Gasteiger partial charge in [0.1, 0.15) is 5.82 Å². The SMILES string of the molecule is CC(N)CNc1ccc2cc(Cl)ccc2n1. The van der Waals surface area contributed by atoms with Crippen molar-refractivity contribution < 1.29 is 0 Å². The Morgan fingerprint density at radius 2 is 2.19 bits per heavy atom. The number of halogens is 1. The standard InChI is InChI=1S/C12H14ClN3/c1-8(14)7-15-12-5-2-9-6-10(13)3-4-11(9)16-12/h2-6,8H,7,14H2,1H3,(H,15,16). The van der Waals surface area contributed by atoms with Crippen LogP contribution in [-0.4, -0.2) is 17.6 Å². The molecule has 0 saturated heterocycles. The molecule has 3 N–H and O–H groups in total. The van der Waals surface area contributed by atoms with Crippen molar-refractivity contribution in [1.29, 1.82) is 0 Å². The maximum Gasteiger partial charge on any atom is 0.126 e. The number of hydrogen-bond acceptors (Lipinski definition) is 3. The molecule has 0 aliphatic carbocycles. The van der Waals surface area contributed by atoms with Crippen molar-refractivity contribution in [2.75, 3.05) is 11.9 Å². The van der Waals surface area contributed by atoms with Crippen LogP contribution in [-0.2, 0) is 0 Å². The van der Waals surface area contributed by atoms with E-state index in [1.165, 1.54) is 0 Å². The summed E-state index contributed by atoms with van der Waals surface area (Å²) in [6.07, 6.45) is 0. The van der Waals surface area contributed by atoms with Crippen LogP contribution < -0.4 is 11.1 Å². The Hall–Kier alpha value is -1.32. The highest BCUT2D eigenvalue weighted by molar-refractivity contribution is 6.31. The lowest BCUT2D eigenvalue weighted by Gasteiger charge is -2.08. The summed E-state index contributed by atoms with van der Waals surface area (Å²) in [4.78, 5) is 4.46. The van der Waals surface area contributed by atoms with Crippen LogP contribution in [0.2, 0.25) is 5.02 Å². The van der Waals surface area contributed by atoms with Gasteiger partial charge in [-0.05, 0) is 37.3 Å². The van der Waals surface area contributed by atoms with Crippen molar-refractivity contribution in [2.24, 2.45) is 5.73 Å². The minimum absolute atomic E-state index is 0.114. The Balaban J connectivity index is 2.26. The molecule has 3 nitrogen and oxygen atoms in total. The molecule has 0 bridgehead atoms. The molecule has 1 atom stereocenters. The number of benzene rings is 1. The molecule has 1 aromatic carbocycles. The average Bonchev–Trinajstić information content (AvgIpc) is 2.26. The number of rotatable bonds is 3. The second-order valence-corrected chi connectivity index (χ2v) is 4.33. The predicted octanol–water partition coefficient (Wildman–Crippen LogP) is 2.65. The summed E-state index contributed by atoms with van der Waals surface area (Å²) in [5.74, 6) is 0.840. The van der Waals surface area contributed by atoms with Crippen LogP contribution in [0.25, 0.3) is 10.9 Å². The summed E-state index contributed by atoms with van der Waals surface area (Å²) in [6.45, 7) is 2.67. The Morgan fingerprint density at radius 1 is 1.38 bits per heavy atom. The lowest BCUT2D eigenvalue weighted by Crippen LogP contribution is -2.25. The highest BCUT2D eigenvalue weighted by Crippen LogP contribution is 2.19. The first kappa shape index (κ1) is 11.2. The average molecular weight is 236 g/mol. The molecular weight excluding hydrogens is 222 g/mol. The van der Waals surface area contributed by atoms with E-state index in [-0.39, 0.29) is 6.04 Å². The van der Waals surface area contributed by atoms with Gasteiger partial charge in [0.05, 0.1) is 5.52 Å². The van der Waals surface area contributed by atoms with E-state index in [0.29, 0.717) is 6.54 Å². The van der Waals surface area contributed by atoms with Gasteiger partial charge in [-0.25, -0.2) is 4.98 Å². The van der Waals surface area contributed by atoms with E-state index >= 15 is 0 Å². The van der Waals surface area contributed by atoms with E-state index in [9.17, 15) is 0 Å². The van der Waals surface area contributed by atoms with Crippen LogP contribution in [0.5, 0.6) is 0 Å². The fraction of sp³-hybridized carbons (Fsp3) is 0.250. The molecule has 0 aliphatic rings. The van der Waals surface area contributed by atoms with Gasteiger partial charge in [-0.3, -0.25) is 0 Å². The summed E-state index contributed by atoms with van der Waals surface area (Å²) in [6, 6.07) is 9.70. The molecule has 4 heteroatoms. The predicted molar refractivity (Wildman–Crippen MR) is 68.9 cm³/mol. The molecule has 2 rings (SSSR count). The second kappa shape index (κ2) is 4.68. The zero-order valence-corrected chi connectivity index (χ0v) is 9.83. The molecular formula is C12H14ClN3. The number of pyridine rings is 1. The van der Waals surface area contributed by atoms with Gasteiger partial charge >= 0.3 is 0 Å². The summed E-state index contributed by atoms with van der Waals surface area (Å²) in [5.41, 5.74) is 6.59. The minimum atomic E-state index is 0.114. The second-order valence-electron chi connectivity index (χ2n) is 3.89. The Morgan fingerprint density at radius 3 is 2.94 bits per heavy atom. The number of hydrogen-bond donors (Lipinski definition) is 2. The van der Waals surface area contributed by atoms with Gasteiger partial charge in [0.25, 0.3) is 0 Å². The van der Waals surface area contributed by atoms with Crippen LogP contribution in [0, 0.1) is 0 Å². The molecule has 0 amide bonds. The number of nitrogens with one attached hydrogen (secondary N) is 1. The van der Waals surface area contributed by atoms with Crippen molar-refractivity contribution in [1.82, 2.24) is 4.98 Å². The quantitative estimate of drug-likeness (QED) is 0.860. The first-order valence-corrected chi connectivity index (χ1v) is 5.59. The normalized spacial score (nSPS) is 12.7. The fourth-order valence-electron chi connectivity index (χ4n) is 1.46. The molecule has 0 fully saturated rings. The zero-order chi connectivity index (χ0) is 11.5. The van der Waals surface area contributed by atoms with Crippen molar-refractivity contribution in [3.8, 4) is 0 Å². The summed E-state index contributed by atoms with van der Waals surface area (Å²) in [7, 11) is 0. The smallest absolute Gasteiger partial charge is 0.126 e. The van der Waals surface area contributed by atoms with E-state index in [1.54, 1.807) is 0 Å². The summed E-state index contributed by atoms with van der Waals surface area (Å²) >= 11 is 5.90. The van der Waals surface area contributed by atoms with Crippen molar-refractivity contribution in [2.45, 2.75) is 13.0 Å². The van der Waals surface area contributed by atoms with Gasteiger partial charge in [-0.1, -0.05) is 11.6 Å². The Bertz CT molecular complexity index is 497. The number of nitrogens with zero attached hydrogens (tertiary/aromatic N) is 1. The van der Waals surface area contributed by atoms with Crippen molar-refractivity contribution in [3.63, 3.8) is 0 Å². The monoisotopic (exact) mass is 235 g/mol. The Labute approximate surface area is 99.6 Å². The lowest BCUT2D eigenvalue weighted by atomic mass is 10.2. The fourth-order valence-corrected chi connectivity index (χ4v) is 1.64. The van der Waals surface area contributed by atoms with Gasteiger partial charge in [-0.15, -0.1) is 0 Å². The van der Waals surface area contributed by atoms with Gasteiger partial charge < -0.3 is 11.1 Å². The van der Waals surface area contributed by atoms with E-state index in [0.717, 1.165) is 21.7 Å². The van der Waals surface area contributed by atoms with Crippen molar-refractivity contribution in [3.05, 3.63) is 35.4 Å². The minimum Gasteiger partial charge on any atom is -0.369 e. The lowest BCUT2D eigenvalue weighted by molar-refractivity contribution is 0.778. The van der Waals surface area contributed by atoms with Crippen LogP contribution in [0.1, 0.15) is 6.92 Å². The molecule has 1 unspecified atom stereocenters. The molecule has 2 aromatic rings. The number of nitrogens with two attached hydrogens (primary N) is 1. The van der Waals surface area contributed by atoms with Crippen LogP contribution in [0.4, 0.5) is 5.82 Å². The summed E-state index contributed by atoms with van der Waals surface area (Å²) in [5, 5.41) is 4.95.